The predicted octanol–water partition coefficient (Wildman–Crippen LogP) is 26.1. The van der Waals surface area contributed by atoms with Crippen molar-refractivity contribution in [2.45, 2.75) is 376 Å². The fourth-order valence-electron chi connectivity index (χ4n) is 14.9. The minimum absolute atomic E-state index is 0.0877. The van der Waals surface area contributed by atoms with E-state index in [0.717, 1.165) is 76.5 Å². The van der Waals surface area contributed by atoms with E-state index in [9.17, 15) is 28.4 Å². The van der Waals surface area contributed by atoms with Gasteiger partial charge in [0.2, 0.25) is 0 Å². The number of nitrogens with zero attached hydrogens (tertiary/aromatic N) is 3. The van der Waals surface area contributed by atoms with Crippen molar-refractivity contribution < 1.29 is 87.9 Å². The second kappa shape index (κ2) is 79.9. The van der Waals surface area contributed by atoms with E-state index >= 15 is 0 Å². The van der Waals surface area contributed by atoms with E-state index in [4.69, 9.17) is 46.0 Å². The topological polar surface area (TPSA) is 235 Å². The Labute approximate surface area is 818 Å². The van der Waals surface area contributed by atoms with Gasteiger partial charge in [0.25, 0.3) is 15.6 Å². The lowest BCUT2D eigenvalue weighted by atomic mass is 9.47. The summed E-state index contributed by atoms with van der Waals surface area (Å²) < 4.78 is 99.1. The summed E-state index contributed by atoms with van der Waals surface area (Å²) in [5.41, 5.74) is 7.13. The highest BCUT2D eigenvalue weighted by atomic mass is 127. The molecule has 3 aliphatic rings. The Morgan fingerprint density at radius 3 is 0.817 bits per heavy atom. The Hall–Kier alpha value is -1.71. The van der Waals surface area contributed by atoms with Gasteiger partial charge >= 0.3 is 29.0 Å². The summed E-state index contributed by atoms with van der Waals surface area (Å²) in [6, 6.07) is 26.7. The summed E-state index contributed by atoms with van der Waals surface area (Å²) in [5, 5.41) is 0. The number of unbranched alkanes of at least 4 members (excludes halogenated alkanes) is 45. The van der Waals surface area contributed by atoms with E-state index in [1.165, 1.54) is 295 Å². The standard InChI is InChI=1S/C31H54BO6P.C30H56NO4P.C26H44IO4P.C10H20B2O4.2C3H9N/c1-4-37-39(33,34)38-26-20-18-16-14-12-10-8-6-5-7-9-11-13-15-17-19-21-29-22-24-30(25-23-29)32-35-27-31(2,3)28-36-32;1-29-22-24-30(25-23-29)21-19-17-15-13-11-9-7-5-6-8-10-12-14-16-18-20-27-34-36(32,33)35-28-26-31(2,3)4;1-2-30-32(28,29)31-24-18-16-14-12-10-8-6-4-3-5-7-9-11-13-15-17-19-25-20-22-26(27)23-21-25;1-9(2)5-13-11(14-6-9)12-15-7-10(3,4)8-16-12;2*1-4(2)3/h22-25H,1,4-21,26-28H2,2-3H3;22-25H,5-21,26-28H2,1-4H3;20-23H,1-19,24H2;5-8H2,1-4H3;2*1-3H3/p+1. The molecule has 0 spiro atoms. The number of phosphoric ester groups is 3. The van der Waals surface area contributed by atoms with Gasteiger partial charge in [-0.25, -0.2) is 4.57 Å². The molecule has 0 aliphatic carbocycles. The van der Waals surface area contributed by atoms with Crippen LogP contribution in [0.25, 0.3) is 0 Å². The zero-order chi connectivity index (χ0) is 97.1. The maximum Gasteiger partial charge on any atom is 0.493 e. The first-order valence-corrected chi connectivity index (χ1v) is 56.9. The zero-order valence-electron chi connectivity index (χ0n) is 86.3. The van der Waals surface area contributed by atoms with Gasteiger partial charge in [-0.2, -0.15) is 0 Å². The van der Waals surface area contributed by atoms with Crippen LogP contribution >= 0.6 is 46.1 Å². The third-order valence-electron chi connectivity index (χ3n) is 22.7. The molecule has 0 amide bonds. The van der Waals surface area contributed by atoms with Crippen LogP contribution in [0.1, 0.15) is 372 Å². The Morgan fingerprint density at radius 1 is 0.351 bits per heavy atom. The van der Waals surface area contributed by atoms with Crippen LogP contribution in [0.5, 0.6) is 0 Å². The first-order valence-electron chi connectivity index (χ1n) is 51.4. The number of phosphoric acid groups is 3. The average molecular weight is 2010 g/mol. The van der Waals surface area contributed by atoms with Crippen molar-refractivity contribution >= 4 is 72.7 Å². The van der Waals surface area contributed by atoms with E-state index in [-0.39, 0.29) is 70.4 Å². The number of halogens is 1. The van der Waals surface area contributed by atoms with Crippen molar-refractivity contribution in [2.24, 2.45) is 16.2 Å². The van der Waals surface area contributed by atoms with E-state index in [1.54, 1.807) is 0 Å². The van der Waals surface area contributed by atoms with Gasteiger partial charge in [-0.15, -0.1) is 0 Å². The fraction of sp³-hybridized carbons (Fsp3) is 0.806. The van der Waals surface area contributed by atoms with Crippen LogP contribution < -0.4 is 15.2 Å². The highest BCUT2D eigenvalue weighted by Gasteiger charge is 2.48. The number of benzene rings is 3. The number of quaternary nitrogens is 1. The number of aryl methyl sites for hydroxylation is 4. The van der Waals surface area contributed by atoms with Crippen LogP contribution in [0.15, 0.2) is 72.8 Å². The molecular formula is C103H193B3IN3O18P3+. The van der Waals surface area contributed by atoms with Gasteiger partial charge < -0.3 is 65.9 Å². The second-order valence-corrected chi connectivity index (χ2v) is 46.6. The third kappa shape index (κ3) is 82.7. The first kappa shape index (κ1) is 127. The number of likely N-dealkylation sites (N-methyl/N-ethyl adjacent to an activating group) is 1. The van der Waals surface area contributed by atoms with Crippen molar-refractivity contribution in [2.75, 3.05) is 149 Å². The second-order valence-electron chi connectivity index (χ2n) is 41.1. The third-order valence-corrected chi connectivity index (χ3v) is 26.4. The lowest BCUT2D eigenvalue weighted by Crippen LogP contribution is -2.56. The highest BCUT2D eigenvalue weighted by Crippen LogP contribution is 2.44. The SMILES string of the molecule is CC1(C)COB(B2OCC(C)(C)CO2)OC1.CN(C)C.CN(C)C.Cc1ccc(CCCCCCCCCCCCCCCCCCOP(=O)(O)OCC[N+](C)(C)C)cc1.[CH2+]COP(=O)([O-])OCCCCCCCCCCCCCCCCCCc1ccc(B2OCC(C)(C)CO2)cc1.[CH2+]COP(=O)([O-])OCCCCCCCCCCCCCCCCCCc1ccc(I)cc1. The Morgan fingerprint density at radius 2 is 0.565 bits per heavy atom. The van der Waals surface area contributed by atoms with Crippen molar-refractivity contribution in [1.82, 2.24) is 9.80 Å². The number of rotatable bonds is 70. The Balaban J connectivity index is 0.000000872. The minimum atomic E-state index is -4.12. The molecule has 0 bridgehead atoms. The summed E-state index contributed by atoms with van der Waals surface area (Å²) in [6.45, 7) is 27.3. The van der Waals surface area contributed by atoms with Crippen molar-refractivity contribution in [3.63, 3.8) is 0 Å². The minimum Gasteiger partial charge on any atom is -0.756 e. The van der Waals surface area contributed by atoms with Crippen LogP contribution in [0.2, 0.25) is 0 Å². The monoisotopic (exact) mass is 2010 g/mol. The normalized spacial score (nSPS) is 16.2. The molecule has 28 heteroatoms. The zero-order valence-corrected chi connectivity index (χ0v) is 91.1. The molecule has 0 radical (unpaired) electrons. The summed E-state index contributed by atoms with van der Waals surface area (Å²) in [4.78, 5) is 36.1. The maximum atomic E-state index is 11.8. The molecule has 3 aromatic rings. The molecule has 0 saturated carbocycles. The summed E-state index contributed by atoms with van der Waals surface area (Å²) >= 11 is 2.36. The van der Waals surface area contributed by atoms with Gasteiger partial charge in [0.05, 0.1) is 54.8 Å². The molecule has 131 heavy (non-hydrogen) atoms. The van der Waals surface area contributed by atoms with E-state index in [0.29, 0.717) is 44.1 Å². The predicted molar refractivity (Wildman–Crippen MR) is 557 cm³/mol. The molecule has 3 atom stereocenters. The summed E-state index contributed by atoms with van der Waals surface area (Å²) in [7, 11) is 4.98. The van der Waals surface area contributed by atoms with Crippen molar-refractivity contribution in [1.29, 1.82) is 0 Å². The van der Waals surface area contributed by atoms with Crippen LogP contribution in [0.4, 0.5) is 0 Å². The molecule has 3 fully saturated rings. The van der Waals surface area contributed by atoms with Crippen LogP contribution in [0.3, 0.4) is 0 Å². The lowest BCUT2D eigenvalue weighted by Gasteiger charge is -2.38. The molecule has 758 valence electrons. The van der Waals surface area contributed by atoms with Crippen LogP contribution in [0, 0.1) is 40.6 Å². The Kier molecular flexibility index (Phi) is 77.7. The molecule has 3 aliphatic heterocycles. The summed E-state index contributed by atoms with van der Waals surface area (Å²) in [5.74, 6) is 0. The smallest absolute Gasteiger partial charge is 0.493 e. The van der Waals surface area contributed by atoms with E-state index in [2.05, 4.69) is 167 Å². The van der Waals surface area contributed by atoms with Gasteiger partial charge in [-0.05, 0) is 164 Å². The molecule has 3 heterocycles. The Bertz CT molecular complexity index is 3180. The van der Waals surface area contributed by atoms with Crippen molar-refractivity contribution in [3.8, 4) is 0 Å². The fourth-order valence-corrected chi connectivity index (χ4v) is 17.3. The van der Waals surface area contributed by atoms with Crippen LogP contribution in [-0.4, -0.2) is 190 Å². The van der Waals surface area contributed by atoms with Gasteiger partial charge in [-0.1, -0.05) is 377 Å². The highest BCUT2D eigenvalue weighted by molar-refractivity contribution is 14.1. The number of hydrogen-bond donors (Lipinski definition) is 1. The van der Waals surface area contributed by atoms with E-state index in [1.807, 2.05) is 73.2 Å². The molecule has 6 rings (SSSR count). The van der Waals surface area contributed by atoms with Gasteiger partial charge in [0.15, 0.2) is 13.2 Å². The molecule has 21 nitrogen and oxygen atoms in total. The van der Waals surface area contributed by atoms with Crippen molar-refractivity contribution in [3.05, 3.63) is 112 Å². The number of hydrogen-bond acceptors (Lipinski definition) is 19. The molecule has 3 saturated heterocycles. The van der Waals surface area contributed by atoms with Gasteiger partial charge in [0.1, 0.15) is 13.2 Å². The van der Waals surface area contributed by atoms with Crippen LogP contribution in [-0.2, 0) is 88.0 Å². The lowest BCUT2D eigenvalue weighted by molar-refractivity contribution is -0.870. The molecule has 0 aromatic heterocycles. The summed E-state index contributed by atoms with van der Waals surface area (Å²) in [6.07, 6.45) is 65.1. The van der Waals surface area contributed by atoms with Gasteiger partial charge in [-0.3, -0.25) is 27.2 Å². The maximum absolute atomic E-state index is 11.8. The molecule has 3 unspecified atom stereocenters. The molecular weight excluding hydrogens is 1820 g/mol. The first-order chi connectivity index (χ1) is 62.4. The van der Waals surface area contributed by atoms with Gasteiger partial charge in [0, 0.05) is 59.5 Å². The quantitative estimate of drug-likeness (QED) is 0.0138. The molecule has 3 aromatic carbocycles. The van der Waals surface area contributed by atoms with E-state index < -0.39 is 23.5 Å². The molecule has 1 N–H and O–H groups in total. The largest absolute Gasteiger partial charge is 0.756 e. The average Bonchev–Trinajstić information content (AvgIpc) is 0.805.